The molecule has 1 N–H and O–H groups in total. The van der Waals surface area contributed by atoms with Gasteiger partial charge < -0.3 is 0 Å². The highest BCUT2D eigenvalue weighted by molar-refractivity contribution is 9.10. The third-order valence-electron chi connectivity index (χ3n) is 3.26. The highest BCUT2D eigenvalue weighted by Gasteiger charge is 2.18. The van der Waals surface area contributed by atoms with E-state index in [0.717, 1.165) is 10.0 Å². The second-order valence-corrected chi connectivity index (χ2v) is 8.51. The maximum absolute atomic E-state index is 12.3. The van der Waals surface area contributed by atoms with E-state index < -0.39 is 10.0 Å². The molecule has 6 nitrogen and oxygen atoms in total. The summed E-state index contributed by atoms with van der Waals surface area (Å²) in [6.45, 7) is 1.00. The van der Waals surface area contributed by atoms with E-state index in [1.165, 1.54) is 11.3 Å². The lowest BCUT2D eigenvalue weighted by molar-refractivity contribution is 0.551. The third kappa shape index (κ3) is 4.29. The van der Waals surface area contributed by atoms with Gasteiger partial charge in [-0.25, -0.2) is 18.1 Å². The van der Waals surface area contributed by atoms with Gasteiger partial charge in [0.25, 0.3) is 10.0 Å². The molecule has 0 atom stereocenters. The van der Waals surface area contributed by atoms with Crippen molar-refractivity contribution in [3.05, 3.63) is 52.6 Å². The highest BCUT2D eigenvalue weighted by Crippen LogP contribution is 2.26. The topological polar surface area (TPSA) is 76.9 Å². The van der Waals surface area contributed by atoms with Gasteiger partial charge in [0.1, 0.15) is 5.01 Å². The van der Waals surface area contributed by atoms with Gasteiger partial charge in [0.05, 0.1) is 0 Å². The molecule has 24 heavy (non-hydrogen) atoms. The Labute approximate surface area is 152 Å². The van der Waals surface area contributed by atoms with Crippen LogP contribution in [0.4, 0.5) is 0 Å². The fourth-order valence-corrected chi connectivity index (χ4v) is 4.50. The number of thiazole rings is 1. The fraction of sp³-hybridized carbons (Fsp3) is 0.200. The molecule has 9 heteroatoms. The van der Waals surface area contributed by atoms with Crippen LogP contribution in [0.2, 0.25) is 0 Å². The Morgan fingerprint density at radius 1 is 1.25 bits per heavy atom. The Bertz CT molecular complexity index is 890. The SMILES string of the molecule is O=S(=O)(NCCCn1cccn1)c1csc(-c2ccc(Br)cc2)n1. The first-order chi connectivity index (χ1) is 11.5. The van der Waals surface area contributed by atoms with Crippen LogP contribution >= 0.6 is 27.3 Å². The highest BCUT2D eigenvalue weighted by atomic mass is 79.9. The molecule has 1 aromatic carbocycles. The zero-order chi connectivity index (χ0) is 17.0. The van der Waals surface area contributed by atoms with Gasteiger partial charge >= 0.3 is 0 Å². The third-order valence-corrected chi connectivity index (χ3v) is 6.18. The van der Waals surface area contributed by atoms with Crippen molar-refractivity contribution in [3.63, 3.8) is 0 Å². The molecule has 0 saturated heterocycles. The Hall–Kier alpha value is -1.55. The minimum atomic E-state index is -3.59. The van der Waals surface area contributed by atoms with E-state index >= 15 is 0 Å². The molecule has 0 aliphatic carbocycles. The van der Waals surface area contributed by atoms with Crippen molar-refractivity contribution in [2.24, 2.45) is 0 Å². The Kier molecular flexibility index (Phi) is 5.44. The Morgan fingerprint density at radius 2 is 2.04 bits per heavy atom. The molecule has 2 heterocycles. The van der Waals surface area contributed by atoms with Gasteiger partial charge in [-0.3, -0.25) is 4.68 Å². The number of halogens is 1. The monoisotopic (exact) mass is 426 g/mol. The van der Waals surface area contributed by atoms with E-state index in [-0.39, 0.29) is 5.03 Å². The molecule has 3 rings (SSSR count). The van der Waals surface area contributed by atoms with Crippen LogP contribution in [0, 0.1) is 0 Å². The number of hydrogen-bond acceptors (Lipinski definition) is 5. The Morgan fingerprint density at radius 3 is 2.75 bits per heavy atom. The van der Waals surface area contributed by atoms with E-state index in [2.05, 4.69) is 30.7 Å². The van der Waals surface area contributed by atoms with Crippen molar-refractivity contribution in [2.75, 3.05) is 6.54 Å². The smallest absolute Gasteiger partial charge is 0.258 e. The molecule has 0 aliphatic heterocycles. The van der Waals surface area contributed by atoms with E-state index in [1.54, 1.807) is 16.3 Å². The molecule has 0 spiro atoms. The van der Waals surface area contributed by atoms with Crippen molar-refractivity contribution in [1.82, 2.24) is 19.5 Å². The quantitative estimate of drug-likeness (QED) is 0.588. The van der Waals surface area contributed by atoms with Gasteiger partial charge in [-0.05, 0) is 24.6 Å². The number of aryl methyl sites for hydroxylation is 1. The van der Waals surface area contributed by atoms with Crippen LogP contribution in [0.15, 0.2) is 57.6 Å². The van der Waals surface area contributed by atoms with E-state index in [4.69, 9.17) is 0 Å². The van der Waals surface area contributed by atoms with Crippen molar-refractivity contribution in [3.8, 4) is 10.6 Å². The molecule has 0 aliphatic rings. The summed E-state index contributed by atoms with van der Waals surface area (Å²) in [6, 6.07) is 9.44. The van der Waals surface area contributed by atoms with Crippen LogP contribution in [0.25, 0.3) is 10.6 Å². The largest absolute Gasteiger partial charge is 0.273 e. The minimum absolute atomic E-state index is 0.0597. The molecule has 0 amide bonds. The molecule has 0 unspecified atom stereocenters. The first-order valence-electron chi connectivity index (χ1n) is 7.23. The molecule has 0 bridgehead atoms. The molecule has 0 saturated carbocycles. The van der Waals surface area contributed by atoms with Crippen LogP contribution in [-0.4, -0.2) is 29.7 Å². The van der Waals surface area contributed by atoms with Crippen LogP contribution in [-0.2, 0) is 16.6 Å². The second kappa shape index (κ2) is 7.56. The first kappa shape index (κ1) is 17.3. The van der Waals surface area contributed by atoms with Crippen molar-refractivity contribution in [1.29, 1.82) is 0 Å². The van der Waals surface area contributed by atoms with Gasteiger partial charge in [-0.1, -0.05) is 28.1 Å². The summed E-state index contributed by atoms with van der Waals surface area (Å²) in [5, 5.41) is 6.38. The summed E-state index contributed by atoms with van der Waals surface area (Å²) in [6.07, 6.45) is 4.20. The molecule has 0 fully saturated rings. The summed E-state index contributed by atoms with van der Waals surface area (Å²) in [7, 11) is -3.59. The number of benzene rings is 1. The summed E-state index contributed by atoms with van der Waals surface area (Å²) in [5.74, 6) is 0. The Balaban J connectivity index is 1.61. The average Bonchev–Trinajstić information content (AvgIpc) is 3.24. The predicted molar refractivity (Wildman–Crippen MR) is 97.3 cm³/mol. The van der Waals surface area contributed by atoms with Crippen LogP contribution in [0.5, 0.6) is 0 Å². The van der Waals surface area contributed by atoms with Crippen molar-refractivity contribution < 1.29 is 8.42 Å². The second-order valence-electron chi connectivity index (χ2n) is 5.02. The molecule has 126 valence electrons. The minimum Gasteiger partial charge on any atom is -0.273 e. The number of hydrogen-bond donors (Lipinski definition) is 1. The van der Waals surface area contributed by atoms with Crippen LogP contribution in [0.1, 0.15) is 6.42 Å². The maximum Gasteiger partial charge on any atom is 0.258 e. The summed E-state index contributed by atoms with van der Waals surface area (Å²) < 4.78 is 29.9. The lowest BCUT2D eigenvalue weighted by Gasteiger charge is -2.04. The lowest BCUT2D eigenvalue weighted by atomic mass is 10.2. The number of nitrogens with zero attached hydrogens (tertiary/aromatic N) is 3. The fourth-order valence-electron chi connectivity index (χ4n) is 2.06. The summed E-state index contributed by atoms with van der Waals surface area (Å²) in [5.41, 5.74) is 0.892. The average molecular weight is 427 g/mol. The van der Waals surface area contributed by atoms with Crippen molar-refractivity contribution >= 4 is 37.3 Å². The number of aromatic nitrogens is 3. The predicted octanol–water partition coefficient (Wildman–Crippen LogP) is 3.14. The van der Waals surface area contributed by atoms with E-state index in [9.17, 15) is 8.42 Å². The normalized spacial score (nSPS) is 11.7. The maximum atomic E-state index is 12.3. The van der Waals surface area contributed by atoms with Gasteiger partial charge in [0.2, 0.25) is 0 Å². The standard InChI is InChI=1S/C15H15BrN4O2S2/c16-13-5-3-12(4-6-13)15-19-14(11-23-15)24(21,22)18-8-2-10-20-9-1-7-17-20/h1,3-7,9,11,18H,2,8,10H2. The summed E-state index contributed by atoms with van der Waals surface area (Å²) >= 11 is 4.69. The molecule has 3 aromatic rings. The van der Waals surface area contributed by atoms with Gasteiger partial charge in [0.15, 0.2) is 5.03 Å². The number of sulfonamides is 1. The van der Waals surface area contributed by atoms with Crippen LogP contribution < -0.4 is 4.72 Å². The number of rotatable bonds is 7. The molecule has 2 aromatic heterocycles. The van der Waals surface area contributed by atoms with Crippen molar-refractivity contribution in [2.45, 2.75) is 18.0 Å². The van der Waals surface area contributed by atoms with Gasteiger partial charge in [-0.2, -0.15) is 5.10 Å². The molecule has 0 radical (unpaired) electrons. The zero-order valence-corrected chi connectivity index (χ0v) is 15.8. The van der Waals surface area contributed by atoms with E-state index in [0.29, 0.717) is 24.5 Å². The number of nitrogens with one attached hydrogen (secondary N) is 1. The molecular weight excluding hydrogens is 412 g/mol. The van der Waals surface area contributed by atoms with Gasteiger partial charge in [0, 0.05) is 40.9 Å². The zero-order valence-electron chi connectivity index (χ0n) is 12.6. The molecular formula is C15H15BrN4O2S2. The first-order valence-corrected chi connectivity index (χ1v) is 10.4. The van der Waals surface area contributed by atoms with Crippen LogP contribution in [0.3, 0.4) is 0 Å². The van der Waals surface area contributed by atoms with Gasteiger partial charge in [-0.15, -0.1) is 11.3 Å². The summed E-state index contributed by atoms with van der Waals surface area (Å²) in [4.78, 5) is 4.25. The lowest BCUT2D eigenvalue weighted by Crippen LogP contribution is -2.25. The van der Waals surface area contributed by atoms with E-state index in [1.807, 2.05) is 36.5 Å².